The van der Waals surface area contributed by atoms with Crippen LogP contribution in [-0.2, 0) is 0 Å². The summed E-state index contributed by atoms with van der Waals surface area (Å²) < 4.78 is 9.59. The van der Waals surface area contributed by atoms with Crippen molar-refractivity contribution in [2.45, 2.75) is 0 Å². The summed E-state index contributed by atoms with van der Waals surface area (Å²) in [5.74, 6) is 0. The summed E-state index contributed by atoms with van der Waals surface area (Å²) in [4.78, 5) is 0. The first-order valence-corrected chi connectivity index (χ1v) is 5.77. The van der Waals surface area contributed by atoms with Crippen LogP contribution >= 0.6 is 11.3 Å². The first-order valence-electron chi connectivity index (χ1n) is 5.45. The topological polar surface area (TPSA) is 40.5 Å². The fourth-order valence-electron chi connectivity index (χ4n) is 1.90. The molecule has 0 saturated heterocycles. The normalized spacial score (nSPS) is 12.0. The van der Waals surface area contributed by atoms with Crippen LogP contribution in [0.2, 0.25) is 0 Å². The van der Waals surface area contributed by atoms with Crippen molar-refractivity contribution in [3.63, 3.8) is 0 Å². The zero-order valence-corrected chi connectivity index (χ0v) is 9.16. The standard InChI is InChI=1S/C12H9BO2S/c14-13(15)10-6-3-5-9-8-4-1-2-7-11(8)16-12(9)10/h1-7,14-15H/i7D. The van der Waals surface area contributed by atoms with Crippen LogP contribution in [-0.4, -0.2) is 17.2 Å². The van der Waals surface area contributed by atoms with Crippen molar-refractivity contribution in [3.05, 3.63) is 42.4 Å². The van der Waals surface area contributed by atoms with Crippen molar-refractivity contribution >= 4 is 44.1 Å². The van der Waals surface area contributed by atoms with Crippen molar-refractivity contribution < 1.29 is 11.4 Å². The summed E-state index contributed by atoms with van der Waals surface area (Å²) in [5.41, 5.74) is 0.503. The molecule has 0 spiro atoms. The highest BCUT2D eigenvalue weighted by Gasteiger charge is 2.16. The van der Waals surface area contributed by atoms with E-state index in [2.05, 4.69) is 0 Å². The number of fused-ring (bicyclic) bond motifs is 3. The SMILES string of the molecule is [2H]c1cccc2c1sc1c(B(O)O)cccc12. The molecule has 0 unspecified atom stereocenters. The molecule has 0 fully saturated rings. The molecule has 2 nitrogen and oxygen atoms in total. The van der Waals surface area contributed by atoms with E-state index in [0.717, 1.165) is 20.2 Å². The number of thiophene rings is 1. The maximum atomic E-state index is 9.33. The molecule has 0 atom stereocenters. The monoisotopic (exact) mass is 229 g/mol. The van der Waals surface area contributed by atoms with Crippen LogP contribution in [0.1, 0.15) is 1.37 Å². The molecule has 0 radical (unpaired) electrons. The van der Waals surface area contributed by atoms with Gasteiger partial charge in [-0.15, -0.1) is 11.3 Å². The zero-order chi connectivity index (χ0) is 12.0. The minimum atomic E-state index is -1.47. The highest BCUT2D eigenvalue weighted by Crippen LogP contribution is 2.32. The Kier molecular flexibility index (Phi) is 1.97. The van der Waals surface area contributed by atoms with Gasteiger partial charge in [-0.1, -0.05) is 36.4 Å². The molecule has 2 N–H and O–H groups in total. The lowest BCUT2D eigenvalue weighted by Crippen LogP contribution is -2.29. The minimum absolute atomic E-state index is 0.474. The maximum Gasteiger partial charge on any atom is 0.489 e. The number of benzene rings is 2. The van der Waals surface area contributed by atoms with E-state index < -0.39 is 7.12 Å². The lowest BCUT2D eigenvalue weighted by Gasteiger charge is -1.99. The second-order valence-corrected chi connectivity index (χ2v) is 4.63. The van der Waals surface area contributed by atoms with Crippen molar-refractivity contribution in [1.29, 1.82) is 0 Å². The van der Waals surface area contributed by atoms with E-state index in [9.17, 15) is 10.0 Å². The largest absolute Gasteiger partial charge is 0.489 e. The van der Waals surface area contributed by atoms with Crippen LogP contribution in [0.25, 0.3) is 20.2 Å². The molecular weight excluding hydrogens is 219 g/mol. The highest BCUT2D eigenvalue weighted by atomic mass is 32.1. The van der Waals surface area contributed by atoms with E-state index >= 15 is 0 Å². The predicted octanol–water partition coefficient (Wildman–Crippen LogP) is 1.73. The van der Waals surface area contributed by atoms with Gasteiger partial charge in [0.2, 0.25) is 0 Å². The van der Waals surface area contributed by atoms with Gasteiger partial charge >= 0.3 is 7.12 Å². The third kappa shape index (κ3) is 1.35. The van der Waals surface area contributed by atoms with Gasteiger partial charge in [0.05, 0.1) is 1.37 Å². The molecule has 16 heavy (non-hydrogen) atoms. The second-order valence-electron chi connectivity index (χ2n) is 3.61. The molecule has 0 amide bonds. The van der Waals surface area contributed by atoms with Gasteiger partial charge in [-0.3, -0.25) is 0 Å². The van der Waals surface area contributed by atoms with Gasteiger partial charge in [-0.2, -0.15) is 0 Å². The molecule has 1 heterocycles. The summed E-state index contributed by atoms with van der Waals surface area (Å²) in [6.45, 7) is 0. The minimum Gasteiger partial charge on any atom is -0.423 e. The first-order chi connectivity index (χ1) is 8.18. The fraction of sp³-hybridized carbons (Fsp3) is 0. The Bertz CT molecular complexity index is 708. The molecule has 0 aliphatic rings. The van der Waals surface area contributed by atoms with E-state index in [4.69, 9.17) is 1.37 Å². The van der Waals surface area contributed by atoms with Crippen molar-refractivity contribution in [3.8, 4) is 0 Å². The van der Waals surface area contributed by atoms with E-state index in [1.807, 2.05) is 18.2 Å². The van der Waals surface area contributed by atoms with Gasteiger partial charge in [0.25, 0.3) is 0 Å². The second kappa shape index (κ2) is 3.59. The molecule has 4 heteroatoms. The summed E-state index contributed by atoms with van der Waals surface area (Å²) in [5, 5.41) is 20.6. The number of rotatable bonds is 1. The first kappa shape index (κ1) is 8.76. The van der Waals surface area contributed by atoms with Crippen LogP contribution < -0.4 is 5.46 Å². The van der Waals surface area contributed by atoms with E-state index in [0.29, 0.717) is 11.5 Å². The Morgan fingerprint density at radius 3 is 2.69 bits per heavy atom. The molecule has 0 saturated carbocycles. The molecule has 0 bridgehead atoms. The lowest BCUT2D eigenvalue weighted by molar-refractivity contribution is 0.426. The predicted molar refractivity (Wildman–Crippen MR) is 69.2 cm³/mol. The van der Waals surface area contributed by atoms with Crippen molar-refractivity contribution in [1.82, 2.24) is 0 Å². The van der Waals surface area contributed by atoms with E-state index in [1.165, 1.54) is 11.3 Å². The quantitative estimate of drug-likeness (QED) is 0.624. The van der Waals surface area contributed by atoms with Gasteiger partial charge < -0.3 is 10.0 Å². The third-order valence-corrected chi connectivity index (χ3v) is 3.84. The number of hydrogen-bond donors (Lipinski definition) is 2. The van der Waals surface area contributed by atoms with Crippen molar-refractivity contribution in [2.75, 3.05) is 0 Å². The van der Waals surface area contributed by atoms with Gasteiger partial charge in [0.1, 0.15) is 0 Å². The van der Waals surface area contributed by atoms with Gasteiger partial charge in [-0.25, -0.2) is 0 Å². The van der Waals surface area contributed by atoms with Gasteiger partial charge in [0, 0.05) is 14.8 Å². The van der Waals surface area contributed by atoms with Crippen LogP contribution in [0.5, 0.6) is 0 Å². The number of hydrogen-bond acceptors (Lipinski definition) is 3. The van der Waals surface area contributed by atoms with Gasteiger partial charge in [-0.05, 0) is 16.9 Å². The Morgan fingerprint density at radius 2 is 1.88 bits per heavy atom. The summed E-state index contributed by atoms with van der Waals surface area (Å²) in [6.07, 6.45) is 0. The maximum absolute atomic E-state index is 9.33. The zero-order valence-electron chi connectivity index (χ0n) is 9.34. The Morgan fingerprint density at radius 1 is 1.06 bits per heavy atom. The fourth-order valence-corrected chi connectivity index (χ4v) is 3.10. The molecule has 1 aromatic heterocycles. The molecule has 3 aromatic rings. The van der Waals surface area contributed by atoms with Crippen LogP contribution in [0, 0.1) is 0 Å². The van der Waals surface area contributed by atoms with E-state index in [-0.39, 0.29) is 0 Å². The van der Waals surface area contributed by atoms with Crippen LogP contribution in [0.4, 0.5) is 0 Å². The highest BCUT2D eigenvalue weighted by molar-refractivity contribution is 7.27. The Hall–Kier alpha value is -1.36. The summed E-state index contributed by atoms with van der Waals surface area (Å²) in [6, 6.07) is 11.5. The Balaban J connectivity index is 2.51. The Labute approximate surface area is 98.3 Å². The van der Waals surface area contributed by atoms with Crippen LogP contribution in [0.3, 0.4) is 0 Å². The smallest absolute Gasteiger partial charge is 0.423 e. The molecule has 2 aromatic carbocycles. The summed E-state index contributed by atoms with van der Waals surface area (Å²) >= 11 is 1.44. The average Bonchev–Trinajstić information content (AvgIpc) is 2.69. The lowest BCUT2D eigenvalue weighted by atomic mass is 9.80. The summed E-state index contributed by atoms with van der Waals surface area (Å²) in [7, 11) is -1.47. The molecule has 0 aliphatic carbocycles. The average molecular weight is 229 g/mol. The molecule has 0 aliphatic heterocycles. The molecular formula is C12H9BO2S. The van der Waals surface area contributed by atoms with Gasteiger partial charge in [0.15, 0.2) is 0 Å². The molecule has 3 rings (SSSR count). The van der Waals surface area contributed by atoms with Crippen LogP contribution in [0.15, 0.2) is 42.4 Å². The van der Waals surface area contributed by atoms with Crippen molar-refractivity contribution in [2.24, 2.45) is 0 Å². The molecule has 78 valence electrons. The van der Waals surface area contributed by atoms with E-state index in [1.54, 1.807) is 18.2 Å². The third-order valence-electron chi connectivity index (χ3n) is 2.64.